The number of aromatic nitrogens is 1. The van der Waals surface area contributed by atoms with E-state index < -0.39 is 29.4 Å². The number of carbonyl (C=O) groups is 1. The van der Waals surface area contributed by atoms with Gasteiger partial charge in [0.25, 0.3) is 5.91 Å². The van der Waals surface area contributed by atoms with Crippen LogP contribution in [0.1, 0.15) is 45.9 Å². The molecule has 0 aliphatic carbocycles. The minimum Gasteiger partial charge on any atom is -0.504 e. The molecule has 0 bridgehead atoms. The Morgan fingerprint density at radius 2 is 1.78 bits per heavy atom. The van der Waals surface area contributed by atoms with Gasteiger partial charge in [-0.1, -0.05) is 24.3 Å². The molecular formula is C34H34FN5O5. The van der Waals surface area contributed by atoms with Gasteiger partial charge in [-0.3, -0.25) is 9.59 Å². The van der Waals surface area contributed by atoms with Gasteiger partial charge in [0.1, 0.15) is 17.6 Å². The second kappa shape index (κ2) is 12.8. The normalized spacial score (nSPS) is 19.9. The second-order valence-corrected chi connectivity index (χ2v) is 11.3. The van der Waals surface area contributed by atoms with Crippen LogP contribution in [0.5, 0.6) is 11.5 Å². The molecule has 4 heterocycles. The Bertz CT molecular complexity index is 1790. The summed E-state index contributed by atoms with van der Waals surface area (Å²) in [5.41, 5.74) is 9.74. The third kappa shape index (κ3) is 6.69. The molecule has 1 fully saturated rings. The first-order chi connectivity index (χ1) is 21.7. The van der Waals surface area contributed by atoms with Gasteiger partial charge in [-0.2, -0.15) is 0 Å². The number of phenols is 2. The van der Waals surface area contributed by atoms with E-state index in [0.717, 1.165) is 29.6 Å². The molecular weight excluding hydrogens is 577 g/mol. The van der Waals surface area contributed by atoms with Crippen molar-refractivity contribution in [3.05, 3.63) is 124 Å². The van der Waals surface area contributed by atoms with Crippen molar-refractivity contribution < 1.29 is 24.1 Å². The Balaban J connectivity index is 1.23. The number of benzene rings is 2. The maximum absolute atomic E-state index is 13.6. The van der Waals surface area contributed by atoms with E-state index in [4.69, 9.17) is 10.5 Å². The van der Waals surface area contributed by atoms with Crippen molar-refractivity contribution in [1.82, 2.24) is 15.2 Å². The number of hydrogen-bond acceptors (Lipinski definition) is 8. The molecule has 0 spiro atoms. The van der Waals surface area contributed by atoms with Crippen LogP contribution in [0.25, 0.3) is 11.1 Å². The highest BCUT2D eigenvalue weighted by Gasteiger charge is 2.23. The van der Waals surface area contributed by atoms with Crippen molar-refractivity contribution >= 4 is 22.7 Å². The number of amides is 1. The third-order valence-electron chi connectivity index (χ3n) is 8.19. The number of nitrogens with one attached hydrogen (secondary N) is 3. The van der Waals surface area contributed by atoms with Gasteiger partial charge in [-0.25, -0.2) is 4.39 Å². The van der Waals surface area contributed by atoms with E-state index in [-0.39, 0.29) is 17.1 Å². The fourth-order valence-electron chi connectivity index (χ4n) is 5.67. The van der Waals surface area contributed by atoms with Crippen molar-refractivity contribution in [2.45, 2.75) is 31.6 Å². The first-order valence-electron chi connectivity index (χ1n) is 14.7. The van der Waals surface area contributed by atoms with E-state index >= 15 is 0 Å². The van der Waals surface area contributed by atoms with Gasteiger partial charge in [0.05, 0.1) is 6.04 Å². The highest BCUT2D eigenvalue weighted by atomic mass is 19.1. The number of phenolic OH excluding ortho intramolecular Hbond substituents is 2. The van der Waals surface area contributed by atoms with Crippen LogP contribution in [-0.2, 0) is 11.3 Å². The lowest BCUT2D eigenvalue weighted by Crippen LogP contribution is -2.36. The van der Waals surface area contributed by atoms with E-state index in [0.29, 0.717) is 42.5 Å². The Morgan fingerprint density at radius 3 is 2.49 bits per heavy atom. The Kier molecular flexibility index (Phi) is 8.54. The number of hydrogen-bond donors (Lipinski definition) is 6. The van der Waals surface area contributed by atoms with Gasteiger partial charge >= 0.3 is 0 Å². The number of dihydropyridines is 2. The highest BCUT2D eigenvalue weighted by Crippen LogP contribution is 2.32. The van der Waals surface area contributed by atoms with Crippen LogP contribution >= 0.6 is 0 Å². The average Bonchev–Trinajstić information content (AvgIpc) is 3.05. The molecule has 6 rings (SSSR count). The van der Waals surface area contributed by atoms with Crippen molar-refractivity contribution in [3.8, 4) is 11.5 Å². The van der Waals surface area contributed by atoms with Crippen molar-refractivity contribution in [3.63, 3.8) is 0 Å². The second-order valence-electron chi connectivity index (χ2n) is 11.3. The molecule has 2 unspecified atom stereocenters. The van der Waals surface area contributed by atoms with Gasteiger partial charge in [-0.15, -0.1) is 0 Å². The summed E-state index contributed by atoms with van der Waals surface area (Å²) < 4.78 is 21.0. The Hall–Kier alpha value is -5.13. The zero-order valence-electron chi connectivity index (χ0n) is 24.4. The van der Waals surface area contributed by atoms with Gasteiger partial charge in [0.15, 0.2) is 16.9 Å². The first-order valence-corrected chi connectivity index (χ1v) is 14.7. The van der Waals surface area contributed by atoms with Crippen LogP contribution in [0.3, 0.4) is 0 Å². The van der Waals surface area contributed by atoms with Crippen molar-refractivity contribution in [2.24, 2.45) is 11.7 Å². The number of allylic oxidation sites excluding steroid dienone is 4. The molecule has 3 aromatic rings. The lowest BCUT2D eigenvalue weighted by molar-refractivity contribution is 0.0611. The fraction of sp³-hybridized carbons (Fsp3) is 0.235. The minimum absolute atomic E-state index is 0.0120. The van der Waals surface area contributed by atoms with Crippen LogP contribution in [0.15, 0.2) is 96.1 Å². The number of pyridine rings is 1. The largest absolute Gasteiger partial charge is 0.504 e. The summed E-state index contributed by atoms with van der Waals surface area (Å²) in [7, 11) is 0. The van der Waals surface area contributed by atoms with Crippen LogP contribution in [0.2, 0.25) is 0 Å². The molecule has 45 heavy (non-hydrogen) atoms. The molecule has 2 atom stereocenters. The lowest BCUT2D eigenvalue weighted by Gasteiger charge is -2.25. The van der Waals surface area contributed by atoms with Gasteiger partial charge < -0.3 is 41.2 Å². The Labute approximate surface area is 259 Å². The first kappa shape index (κ1) is 29.9. The summed E-state index contributed by atoms with van der Waals surface area (Å²) in [6, 6.07) is 11.1. The number of carbonyl (C=O) groups excluding carboxylic acids is 1. The number of rotatable bonds is 7. The molecule has 3 aliphatic rings. The van der Waals surface area contributed by atoms with Crippen LogP contribution in [0.4, 0.5) is 10.1 Å². The topological polar surface area (TPSA) is 151 Å². The van der Waals surface area contributed by atoms with Crippen molar-refractivity contribution in [2.75, 3.05) is 18.5 Å². The van der Waals surface area contributed by atoms with E-state index in [1.54, 1.807) is 42.9 Å². The summed E-state index contributed by atoms with van der Waals surface area (Å²) in [6.07, 6.45) is 12.3. The molecule has 1 amide bonds. The van der Waals surface area contributed by atoms with Gasteiger partial charge in [0, 0.05) is 55.8 Å². The summed E-state index contributed by atoms with van der Waals surface area (Å²) in [5, 5.41) is 28.4. The molecule has 232 valence electrons. The quantitative estimate of drug-likeness (QED) is 0.217. The summed E-state index contributed by atoms with van der Waals surface area (Å²) >= 11 is 0. The molecule has 11 heteroatoms. The standard InChI is InChI=1S/C34H34FN5O5/c35-24-4-7-29(37-16-24)27-18-40(17-20-9-11-45-12-10-20)19-28(32(27)43)34(44)39-25-5-1-21(2-6-25)26-13-23(15-38-33(26)36)22-3-8-30(41)31(42)14-22/h1-8,13-16,18-20,29,33,37-38,41-42H,9-12,17,36H2,(H,39,44). The lowest BCUT2D eigenvalue weighted by atomic mass is 9.95. The van der Waals surface area contributed by atoms with Gasteiger partial charge in [-0.05, 0) is 77.5 Å². The molecule has 10 nitrogen and oxygen atoms in total. The molecule has 2 aromatic carbocycles. The molecule has 7 N–H and O–H groups in total. The predicted molar refractivity (Wildman–Crippen MR) is 170 cm³/mol. The number of nitrogens with zero attached hydrogens (tertiary/aromatic N) is 1. The zero-order chi connectivity index (χ0) is 31.5. The fourth-order valence-corrected chi connectivity index (χ4v) is 5.67. The monoisotopic (exact) mass is 611 g/mol. The molecule has 1 aromatic heterocycles. The minimum atomic E-state index is -0.573. The number of halogens is 1. The molecule has 0 saturated carbocycles. The summed E-state index contributed by atoms with van der Waals surface area (Å²) in [5.74, 6) is -1.09. The molecule has 0 radical (unpaired) electrons. The summed E-state index contributed by atoms with van der Waals surface area (Å²) in [4.78, 5) is 27.1. The van der Waals surface area contributed by atoms with Crippen LogP contribution in [-0.4, -0.2) is 40.1 Å². The maximum atomic E-state index is 13.6. The van der Waals surface area contributed by atoms with Crippen molar-refractivity contribution in [1.29, 1.82) is 0 Å². The van der Waals surface area contributed by atoms with E-state index in [9.17, 15) is 24.2 Å². The van der Waals surface area contributed by atoms with E-state index in [1.807, 2.05) is 22.8 Å². The van der Waals surface area contributed by atoms with E-state index in [2.05, 4.69) is 16.0 Å². The Morgan fingerprint density at radius 1 is 1.02 bits per heavy atom. The predicted octanol–water partition coefficient (Wildman–Crippen LogP) is 4.26. The third-order valence-corrected chi connectivity index (χ3v) is 8.19. The van der Waals surface area contributed by atoms with Crippen LogP contribution in [0, 0.1) is 5.92 Å². The number of aromatic hydroxyl groups is 2. The average molecular weight is 612 g/mol. The smallest absolute Gasteiger partial charge is 0.261 e. The highest BCUT2D eigenvalue weighted by molar-refractivity contribution is 6.04. The molecule has 3 aliphatic heterocycles. The summed E-state index contributed by atoms with van der Waals surface area (Å²) in [6.45, 7) is 1.97. The number of ether oxygens (including phenoxy) is 1. The van der Waals surface area contributed by atoms with Crippen LogP contribution < -0.4 is 27.1 Å². The zero-order valence-corrected chi connectivity index (χ0v) is 24.4. The number of anilines is 1. The number of nitrogens with two attached hydrogens (primary N) is 1. The molecule has 1 saturated heterocycles. The SMILES string of the molecule is NC1NC=C(c2ccc(O)c(O)c2)C=C1c1ccc(NC(=O)c2cn(CC3CCOCC3)cc(C3C=CC(F)=CN3)c2=O)cc1. The van der Waals surface area contributed by atoms with Gasteiger partial charge in [0.2, 0.25) is 0 Å². The maximum Gasteiger partial charge on any atom is 0.261 e. The van der Waals surface area contributed by atoms with E-state index in [1.165, 1.54) is 24.4 Å².